The highest BCUT2D eigenvalue weighted by atomic mass is 16.6. The van der Waals surface area contributed by atoms with Crippen molar-refractivity contribution in [2.45, 2.75) is 6.42 Å². The molecule has 34 heavy (non-hydrogen) atoms. The number of ether oxygens (including phenoxy) is 4. The normalized spacial score (nSPS) is 12.4. The molecule has 2 aromatic heterocycles. The van der Waals surface area contributed by atoms with E-state index in [1.807, 2.05) is 18.2 Å². The largest absolute Gasteiger partial charge is 0.497 e. The molecular formula is C24H23N5O5. The Kier molecular flexibility index (Phi) is 5.54. The Morgan fingerprint density at radius 1 is 1.09 bits per heavy atom. The highest BCUT2D eigenvalue weighted by molar-refractivity contribution is 5.96. The van der Waals surface area contributed by atoms with Gasteiger partial charge in [-0.15, -0.1) is 0 Å². The summed E-state index contributed by atoms with van der Waals surface area (Å²) in [5, 5.41) is 2.99. The molecule has 0 bridgehead atoms. The molecule has 0 aliphatic carbocycles. The molecule has 0 spiro atoms. The molecule has 1 aliphatic rings. The monoisotopic (exact) mass is 461 g/mol. The Morgan fingerprint density at radius 3 is 2.56 bits per heavy atom. The first-order valence-corrected chi connectivity index (χ1v) is 10.6. The first-order valence-electron chi connectivity index (χ1n) is 10.6. The lowest BCUT2D eigenvalue weighted by molar-refractivity contribution is -0.115. The summed E-state index contributed by atoms with van der Waals surface area (Å²) in [5.41, 5.74) is 8.50. The SMILES string of the molecule is COc1cc(CC(=O)Nc2c(-c3ccc4c(c3)OCCO4)nc3cnc(N)cn23)cc(OC)c1. The molecule has 2 aromatic carbocycles. The van der Waals surface area contributed by atoms with Crippen LogP contribution in [0.1, 0.15) is 5.56 Å². The van der Waals surface area contributed by atoms with Crippen LogP contribution in [0.5, 0.6) is 23.0 Å². The second-order valence-corrected chi connectivity index (χ2v) is 7.65. The number of benzene rings is 2. The standard InChI is InChI=1S/C24H23N5O5/c1-31-16-7-14(8-17(11-16)32-2)9-22(30)28-24-23(27-21-12-26-20(25)13-29(21)24)15-3-4-18-19(10-15)34-6-5-33-18/h3-4,7-8,10-13H,5-6,9,25H2,1-2H3,(H,28,30). The number of methoxy groups -OCH3 is 2. The van der Waals surface area contributed by atoms with Gasteiger partial charge in [0.15, 0.2) is 17.1 Å². The van der Waals surface area contributed by atoms with Gasteiger partial charge in [0, 0.05) is 11.6 Å². The van der Waals surface area contributed by atoms with Crippen LogP contribution in [0, 0.1) is 0 Å². The van der Waals surface area contributed by atoms with Crippen molar-refractivity contribution in [3.63, 3.8) is 0 Å². The van der Waals surface area contributed by atoms with E-state index in [0.29, 0.717) is 59.2 Å². The zero-order chi connectivity index (χ0) is 23.7. The fourth-order valence-corrected chi connectivity index (χ4v) is 3.81. The highest BCUT2D eigenvalue weighted by Crippen LogP contribution is 2.37. The summed E-state index contributed by atoms with van der Waals surface area (Å²) in [6.07, 6.45) is 3.27. The number of nitrogens with one attached hydrogen (secondary N) is 1. The van der Waals surface area contributed by atoms with Gasteiger partial charge in [-0.3, -0.25) is 9.20 Å². The van der Waals surface area contributed by atoms with Crippen LogP contribution in [0.2, 0.25) is 0 Å². The third kappa shape index (κ3) is 4.13. The number of aromatic nitrogens is 3. The number of imidazole rings is 1. The molecule has 10 nitrogen and oxygen atoms in total. The van der Waals surface area contributed by atoms with E-state index in [1.165, 1.54) is 0 Å². The van der Waals surface area contributed by atoms with Gasteiger partial charge in [-0.2, -0.15) is 0 Å². The average molecular weight is 461 g/mol. The number of hydrogen-bond donors (Lipinski definition) is 2. The fraction of sp³-hybridized carbons (Fsp3) is 0.208. The number of nitrogen functional groups attached to an aromatic ring is 1. The second kappa shape index (κ2) is 8.81. The fourth-order valence-electron chi connectivity index (χ4n) is 3.81. The maximum absolute atomic E-state index is 13.1. The van der Waals surface area contributed by atoms with E-state index in [-0.39, 0.29) is 12.3 Å². The summed E-state index contributed by atoms with van der Waals surface area (Å²) in [6.45, 7) is 0.970. The minimum Gasteiger partial charge on any atom is -0.497 e. The number of nitrogens with two attached hydrogens (primary N) is 1. The summed E-state index contributed by atoms with van der Waals surface area (Å²) >= 11 is 0. The van der Waals surface area contributed by atoms with Crippen LogP contribution in [0.4, 0.5) is 11.6 Å². The van der Waals surface area contributed by atoms with Crippen molar-refractivity contribution >= 4 is 23.2 Å². The molecule has 1 aliphatic heterocycles. The molecular weight excluding hydrogens is 438 g/mol. The van der Waals surface area contributed by atoms with Crippen molar-refractivity contribution in [3.05, 3.63) is 54.4 Å². The summed E-state index contributed by atoms with van der Waals surface area (Å²) in [5.74, 6) is 3.03. The predicted molar refractivity (Wildman–Crippen MR) is 126 cm³/mol. The number of hydrogen-bond acceptors (Lipinski definition) is 8. The molecule has 3 heterocycles. The molecule has 0 unspecified atom stereocenters. The van der Waals surface area contributed by atoms with Crippen LogP contribution >= 0.6 is 0 Å². The van der Waals surface area contributed by atoms with E-state index in [2.05, 4.69) is 15.3 Å². The van der Waals surface area contributed by atoms with Gasteiger partial charge in [0.25, 0.3) is 0 Å². The molecule has 0 saturated heterocycles. The number of anilines is 2. The second-order valence-electron chi connectivity index (χ2n) is 7.65. The molecule has 174 valence electrons. The lowest BCUT2D eigenvalue weighted by Crippen LogP contribution is -2.17. The summed E-state index contributed by atoms with van der Waals surface area (Å²) in [6, 6.07) is 10.9. The molecule has 10 heteroatoms. The zero-order valence-electron chi connectivity index (χ0n) is 18.7. The maximum Gasteiger partial charge on any atom is 0.229 e. The summed E-state index contributed by atoms with van der Waals surface area (Å²) < 4.78 is 23.7. The van der Waals surface area contributed by atoms with E-state index < -0.39 is 0 Å². The Morgan fingerprint density at radius 2 is 1.82 bits per heavy atom. The lowest BCUT2D eigenvalue weighted by atomic mass is 10.1. The third-order valence-corrected chi connectivity index (χ3v) is 5.38. The Bertz CT molecular complexity index is 1360. The molecule has 5 rings (SSSR count). The van der Waals surface area contributed by atoms with Crippen LogP contribution in [-0.2, 0) is 11.2 Å². The van der Waals surface area contributed by atoms with Crippen molar-refractivity contribution < 1.29 is 23.7 Å². The Balaban J connectivity index is 1.51. The van der Waals surface area contributed by atoms with Gasteiger partial charge >= 0.3 is 0 Å². The molecule has 3 N–H and O–H groups in total. The first kappa shape index (κ1) is 21.4. The van der Waals surface area contributed by atoms with E-state index >= 15 is 0 Å². The minimum absolute atomic E-state index is 0.0991. The van der Waals surface area contributed by atoms with Gasteiger partial charge in [-0.05, 0) is 35.9 Å². The zero-order valence-corrected chi connectivity index (χ0v) is 18.7. The molecule has 0 radical (unpaired) electrons. The number of carbonyl (C=O) groups is 1. The molecule has 0 saturated carbocycles. The quantitative estimate of drug-likeness (QED) is 0.449. The van der Waals surface area contributed by atoms with Crippen molar-refractivity contribution in [1.82, 2.24) is 14.4 Å². The Hall–Kier alpha value is -4.47. The summed E-state index contributed by atoms with van der Waals surface area (Å²) in [7, 11) is 3.13. The molecule has 1 amide bonds. The number of carbonyl (C=O) groups excluding carboxylic acids is 1. The van der Waals surface area contributed by atoms with Crippen LogP contribution in [-0.4, -0.2) is 47.7 Å². The van der Waals surface area contributed by atoms with E-state index in [9.17, 15) is 4.79 Å². The van der Waals surface area contributed by atoms with Crippen molar-refractivity contribution in [2.24, 2.45) is 0 Å². The van der Waals surface area contributed by atoms with Crippen molar-refractivity contribution in [3.8, 4) is 34.3 Å². The highest BCUT2D eigenvalue weighted by Gasteiger charge is 2.20. The maximum atomic E-state index is 13.1. The van der Waals surface area contributed by atoms with Gasteiger partial charge in [0.1, 0.15) is 42.0 Å². The average Bonchev–Trinajstić information content (AvgIpc) is 3.20. The lowest BCUT2D eigenvalue weighted by Gasteiger charge is -2.18. The van der Waals surface area contributed by atoms with Crippen molar-refractivity contribution in [1.29, 1.82) is 0 Å². The minimum atomic E-state index is -0.244. The van der Waals surface area contributed by atoms with Crippen LogP contribution < -0.4 is 30.0 Å². The molecule has 0 atom stereocenters. The van der Waals surface area contributed by atoms with E-state index in [1.54, 1.807) is 49.2 Å². The number of nitrogens with zero attached hydrogens (tertiary/aromatic N) is 3. The number of rotatable bonds is 6. The third-order valence-electron chi connectivity index (χ3n) is 5.38. The van der Waals surface area contributed by atoms with Crippen LogP contribution in [0.25, 0.3) is 16.9 Å². The molecule has 4 aromatic rings. The Labute approximate surface area is 195 Å². The van der Waals surface area contributed by atoms with Gasteiger partial charge < -0.3 is 30.0 Å². The smallest absolute Gasteiger partial charge is 0.229 e. The number of fused-ring (bicyclic) bond motifs is 2. The van der Waals surface area contributed by atoms with Crippen molar-refractivity contribution in [2.75, 3.05) is 38.5 Å². The number of amides is 1. The van der Waals surface area contributed by atoms with Crippen LogP contribution in [0.15, 0.2) is 48.8 Å². The van der Waals surface area contributed by atoms with E-state index in [4.69, 9.17) is 24.7 Å². The van der Waals surface area contributed by atoms with Gasteiger partial charge in [0.2, 0.25) is 5.91 Å². The molecule has 0 fully saturated rings. The first-order chi connectivity index (χ1) is 16.5. The van der Waals surface area contributed by atoms with E-state index in [0.717, 1.165) is 11.1 Å². The van der Waals surface area contributed by atoms with Gasteiger partial charge in [0.05, 0.1) is 33.0 Å². The predicted octanol–water partition coefficient (Wildman–Crippen LogP) is 2.95. The topological polar surface area (TPSA) is 122 Å². The summed E-state index contributed by atoms with van der Waals surface area (Å²) in [4.78, 5) is 21.9. The van der Waals surface area contributed by atoms with Gasteiger partial charge in [-0.1, -0.05) is 0 Å². The van der Waals surface area contributed by atoms with Gasteiger partial charge in [-0.25, -0.2) is 9.97 Å². The van der Waals surface area contributed by atoms with Crippen LogP contribution in [0.3, 0.4) is 0 Å².